The number of rotatable bonds is 4. The number of pyridine rings is 1. The summed E-state index contributed by atoms with van der Waals surface area (Å²) in [6.07, 6.45) is 1.83. The SMILES string of the molecule is [Ir].[c-]1ccc(-c2ccc(-c3nc(-c4ccccc4)nc(-c4ccccc4)n3)cc2)c2ccc3cccnc3c12. The number of aromatic nitrogens is 4. The van der Waals surface area contributed by atoms with E-state index < -0.39 is 0 Å². The van der Waals surface area contributed by atoms with E-state index in [9.17, 15) is 0 Å². The van der Waals surface area contributed by atoms with Crippen molar-refractivity contribution in [3.63, 3.8) is 0 Å². The van der Waals surface area contributed by atoms with Crippen molar-refractivity contribution in [3.8, 4) is 45.3 Å². The van der Waals surface area contributed by atoms with Gasteiger partial charge in [-0.05, 0) is 22.5 Å². The molecule has 0 amide bonds. The van der Waals surface area contributed by atoms with Gasteiger partial charge in [-0.25, -0.2) is 15.0 Å². The quantitative estimate of drug-likeness (QED) is 0.140. The monoisotopic (exact) mass is 678 g/mol. The minimum atomic E-state index is 0. The molecule has 2 aromatic heterocycles. The van der Waals surface area contributed by atoms with Crippen LogP contribution in [0, 0.1) is 6.07 Å². The van der Waals surface area contributed by atoms with Gasteiger partial charge in [-0.1, -0.05) is 114 Å². The summed E-state index contributed by atoms with van der Waals surface area (Å²) < 4.78 is 0. The van der Waals surface area contributed by atoms with Gasteiger partial charge >= 0.3 is 0 Å². The zero-order valence-corrected chi connectivity index (χ0v) is 23.1. The van der Waals surface area contributed by atoms with Crippen LogP contribution in [0.25, 0.3) is 67.0 Å². The Kier molecular flexibility index (Phi) is 6.76. The van der Waals surface area contributed by atoms with Gasteiger partial charge in [-0.15, -0.1) is 23.6 Å². The van der Waals surface area contributed by atoms with Crippen LogP contribution in [0.1, 0.15) is 0 Å². The molecule has 1 radical (unpaired) electrons. The van der Waals surface area contributed by atoms with E-state index in [4.69, 9.17) is 15.0 Å². The first-order valence-corrected chi connectivity index (χ1v) is 12.5. The van der Waals surface area contributed by atoms with E-state index in [-0.39, 0.29) is 20.1 Å². The number of benzene rings is 5. The average molecular weight is 678 g/mol. The Balaban J connectivity index is 0.00000277. The third-order valence-corrected chi connectivity index (χ3v) is 6.70. The zero-order valence-electron chi connectivity index (χ0n) is 20.7. The summed E-state index contributed by atoms with van der Waals surface area (Å²) in [5.41, 5.74) is 6.07. The summed E-state index contributed by atoms with van der Waals surface area (Å²) in [5.74, 6) is 1.95. The Morgan fingerprint density at radius 2 is 1.05 bits per heavy atom. The molecule has 0 atom stereocenters. The Hall–Kier alpha value is -4.57. The molecule has 0 aliphatic heterocycles. The number of hydrogen-bond donors (Lipinski definition) is 0. The van der Waals surface area contributed by atoms with Crippen LogP contribution in [0.15, 0.2) is 128 Å². The maximum atomic E-state index is 4.85. The Morgan fingerprint density at radius 1 is 0.487 bits per heavy atom. The molecule has 0 unspecified atom stereocenters. The number of nitrogens with zero attached hydrogens (tertiary/aromatic N) is 4. The molecule has 4 nitrogen and oxygen atoms in total. The van der Waals surface area contributed by atoms with Crippen molar-refractivity contribution < 1.29 is 20.1 Å². The molecule has 39 heavy (non-hydrogen) atoms. The standard InChI is InChI=1S/C34H21N4.Ir/c1-3-9-25(10-4-1)32-36-33(26-11-5-2-6-12-26)38-34(37-32)27-18-16-23(17-19-27)28-14-7-15-30-29(28)21-20-24-13-8-22-35-31(24)30;/h1-14,16-22H;/q-1;. The molecule has 7 aromatic rings. The van der Waals surface area contributed by atoms with Crippen molar-refractivity contribution in [1.82, 2.24) is 19.9 Å². The first-order chi connectivity index (χ1) is 18.8. The third kappa shape index (κ3) is 4.74. The van der Waals surface area contributed by atoms with Gasteiger partial charge in [-0.2, -0.15) is 0 Å². The van der Waals surface area contributed by atoms with Crippen molar-refractivity contribution in [2.75, 3.05) is 0 Å². The van der Waals surface area contributed by atoms with Crippen LogP contribution in [-0.4, -0.2) is 19.9 Å². The van der Waals surface area contributed by atoms with E-state index in [2.05, 4.69) is 59.6 Å². The van der Waals surface area contributed by atoms with Gasteiger partial charge in [0.2, 0.25) is 0 Å². The molecular weight excluding hydrogens is 657 g/mol. The van der Waals surface area contributed by atoms with Crippen LogP contribution in [0.5, 0.6) is 0 Å². The maximum Gasteiger partial charge on any atom is 0.164 e. The molecule has 0 saturated carbocycles. The fraction of sp³-hybridized carbons (Fsp3) is 0. The fourth-order valence-electron chi connectivity index (χ4n) is 4.80. The molecule has 0 aliphatic carbocycles. The molecule has 187 valence electrons. The van der Waals surface area contributed by atoms with Crippen LogP contribution in [-0.2, 0) is 20.1 Å². The topological polar surface area (TPSA) is 51.6 Å². The first kappa shape index (κ1) is 24.7. The molecule has 2 heterocycles. The Morgan fingerprint density at radius 3 is 1.67 bits per heavy atom. The van der Waals surface area contributed by atoms with Crippen molar-refractivity contribution in [3.05, 3.63) is 134 Å². The minimum Gasteiger partial charge on any atom is -0.304 e. The van der Waals surface area contributed by atoms with Gasteiger partial charge < -0.3 is 4.98 Å². The second kappa shape index (κ2) is 10.7. The fourth-order valence-corrected chi connectivity index (χ4v) is 4.80. The molecule has 0 bridgehead atoms. The molecule has 0 aliphatic rings. The molecule has 0 fully saturated rings. The first-order valence-electron chi connectivity index (χ1n) is 12.5. The van der Waals surface area contributed by atoms with Crippen molar-refractivity contribution in [2.24, 2.45) is 0 Å². The van der Waals surface area contributed by atoms with E-state index in [1.807, 2.05) is 79.0 Å². The van der Waals surface area contributed by atoms with E-state index in [1.54, 1.807) is 0 Å². The van der Waals surface area contributed by atoms with Crippen LogP contribution in [0.2, 0.25) is 0 Å². The van der Waals surface area contributed by atoms with Gasteiger partial charge in [0.05, 0.1) is 0 Å². The molecule has 0 N–H and O–H groups in total. The Bertz CT molecular complexity index is 1850. The molecule has 7 rings (SSSR count). The molecule has 0 spiro atoms. The van der Waals surface area contributed by atoms with Gasteiger partial charge in [0, 0.05) is 43.0 Å². The third-order valence-electron chi connectivity index (χ3n) is 6.70. The minimum absolute atomic E-state index is 0. The number of fused-ring (bicyclic) bond motifs is 3. The van der Waals surface area contributed by atoms with Crippen LogP contribution in [0.3, 0.4) is 0 Å². The summed E-state index contributed by atoms with van der Waals surface area (Å²) in [5, 5.41) is 3.27. The van der Waals surface area contributed by atoms with Gasteiger partial charge in [-0.3, -0.25) is 0 Å². The predicted octanol–water partition coefficient (Wildman–Crippen LogP) is 8.04. The van der Waals surface area contributed by atoms with E-state index in [0.29, 0.717) is 17.5 Å². The zero-order chi connectivity index (χ0) is 25.3. The maximum absolute atomic E-state index is 4.85. The van der Waals surface area contributed by atoms with Crippen LogP contribution < -0.4 is 0 Å². The van der Waals surface area contributed by atoms with E-state index in [1.165, 1.54) is 0 Å². The molecule has 0 saturated heterocycles. The van der Waals surface area contributed by atoms with Crippen molar-refractivity contribution in [2.45, 2.75) is 0 Å². The van der Waals surface area contributed by atoms with E-state index >= 15 is 0 Å². The molecular formula is C34H21IrN4-. The largest absolute Gasteiger partial charge is 0.304 e. The van der Waals surface area contributed by atoms with Crippen molar-refractivity contribution in [1.29, 1.82) is 0 Å². The molecule has 5 aromatic carbocycles. The van der Waals surface area contributed by atoms with Crippen LogP contribution in [0.4, 0.5) is 0 Å². The van der Waals surface area contributed by atoms with E-state index in [0.717, 1.165) is 49.5 Å². The normalized spacial score (nSPS) is 10.9. The summed E-state index contributed by atoms with van der Waals surface area (Å²) >= 11 is 0. The second-order valence-electron chi connectivity index (χ2n) is 9.07. The second-order valence-corrected chi connectivity index (χ2v) is 9.07. The summed E-state index contributed by atoms with van der Waals surface area (Å²) in [6.45, 7) is 0. The smallest absolute Gasteiger partial charge is 0.164 e. The summed E-state index contributed by atoms with van der Waals surface area (Å²) in [7, 11) is 0. The Labute approximate surface area is 239 Å². The van der Waals surface area contributed by atoms with Gasteiger partial charge in [0.1, 0.15) is 0 Å². The van der Waals surface area contributed by atoms with Gasteiger partial charge in [0.25, 0.3) is 0 Å². The average Bonchev–Trinajstić information content (AvgIpc) is 3.01. The summed E-state index contributed by atoms with van der Waals surface area (Å²) in [4.78, 5) is 19.1. The summed E-state index contributed by atoms with van der Waals surface area (Å²) in [6, 6.07) is 44.3. The number of hydrogen-bond acceptors (Lipinski definition) is 4. The molecule has 5 heteroatoms. The van der Waals surface area contributed by atoms with Crippen molar-refractivity contribution >= 4 is 21.7 Å². The van der Waals surface area contributed by atoms with Gasteiger partial charge in [0.15, 0.2) is 17.5 Å². The predicted molar refractivity (Wildman–Crippen MR) is 153 cm³/mol. The van der Waals surface area contributed by atoms with Crippen LogP contribution >= 0.6 is 0 Å².